The maximum absolute atomic E-state index is 10.7. The van der Waals surface area contributed by atoms with Crippen molar-refractivity contribution in [1.82, 2.24) is 15.0 Å². The van der Waals surface area contributed by atoms with E-state index in [9.17, 15) is 4.79 Å². The van der Waals surface area contributed by atoms with E-state index in [0.717, 1.165) is 22.7 Å². The van der Waals surface area contributed by atoms with Crippen molar-refractivity contribution in [2.75, 3.05) is 0 Å². The number of aromatic carboxylic acids is 1. The molecule has 1 aromatic heterocycles. The van der Waals surface area contributed by atoms with Gasteiger partial charge in [0, 0.05) is 0 Å². The number of hydrogen-bond acceptors (Lipinski definition) is 4. The van der Waals surface area contributed by atoms with Crippen LogP contribution < -0.4 is 0 Å². The van der Waals surface area contributed by atoms with Gasteiger partial charge in [-0.25, -0.2) is 9.48 Å². The van der Waals surface area contributed by atoms with Crippen LogP contribution in [0.3, 0.4) is 0 Å². The standard InChI is InChI=1S/C12H13N3O2S/c1-2-10-11(18)15(14-13-10)7-8-3-5-9(6-4-8)12(16)17/h3-6,18H,2,7H2,1H3,(H,16,17). The molecule has 0 unspecified atom stereocenters. The van der Waals surface area contributed by atoms with Crippen LogP contribution in [-0.2, 0) is 13.0 Å². The van der Waals surface area contributed by atoms with Crippen LogP contribution in [0, 0.1) is 0 Å². The van der Waals surface area contributed by atoms with Crippen molar-refractivity contribution in [1.29, 1.82) is 0 Å². The molecule has 0 radical (unpaired) electrons. The van der Waals surface area contributed by atoms with Crippen molar-refractivity contribution in [2.24, 2.45) is 0 Å². The second kappa shape index (κ2) is 5.22. The fourth-order valence-electron chi connectivity index (χ4n) is 1.61. The second-order valence-corrected chi connectivity index (χ2v) is 4.30. The molecule has 0 aliphatic heterocycles. The zero-order valence-electron chi connectivity index (χ0n) is 9.87. The number of aryl methyl sites for hydroxylation is 1. The molecule has 2 aromatic rings. The summed E-state index contributed by atoms with van der Waals surface area (Å²) in [5.41, 5.74) is 2.10. The van der Waals surface area contributed by atoms with Crippen LogP contribution in [0.25, 0.3) is 0 Å². The Hall–Kier alpha value is -1.82. The first-order valence-electron chi connectivity index (χ1n) is 5.55. The first-order chi connectivity index (χ1) is 8.61. The SMILES string of the molecule is CCc1nnn(Cc2ccc(C(=O)O)cc2)c1S. The summed E-state index contributed by atoms with van der Waals surface area (Å²) in [7, 11) is 0. The van der Waals surface area contributed by atoms with E-state index < -0.39 is 5.97 Å². The number of carboxylic acids is 1. The minimum Gasteiger partial charge on any atom is -0.478 e. The van der Waals surface area contributed by atoms with Gasteiger partial charge < -0.3 is 5.11 Å². The highest BCUT2D eigenvalue weighted by Crippen LogP contribution is 2.13. The fraction of sp³-hybridized carbons (Fsp3) is 0.250. The predicted molar refractivity (Wildman–Crippen MR) is 69.2 cm³/mol. The maximum atomic E-state index is 10.7. The number of carbonyl (C=O) groups is 1. The molecule has 0 saturated heterocycles. The second-order valence-electron chi connectivity index (χ2n) is 3.87. The van der Waals surface area contributed by atoms with Crippen LogP contribution in [0.4, 0.5) is 0 Å². The smallest absolute Gasteiger partial charge is 0.335 e. The molecule has 1 N–H and O–H groups in total. The van der Waals surface area contributed by atoms with Crippen molar-refractivity contribution in [2.45, 2.75) is 24.9 Å². The molecule has 1 aromatic carbocycles. The summed E-state index contributed by atoms with van der Waals surface area (Å²) in [4.78, 5) is 10.7. The van der Waals surface area contributed by atoms with Gasteiger partial charge in [0.15, 0.2) is 0 Å². The van der Waals surface area contributed by atoms with E-state index in [0.29, 0.717) is 6.54 Å². The third kappa shape index (κ3) is 2.53. The highest BCUT2D eigenvalue weighted by Gasteiger charge is 2.08. The van der Waals surface area contributed by atoms with Crippen LogP contribution in [-0.4, -0.2) is 26.1 Å². The minimum absolute atomic E-state index is 0.276. The Morgan fingerprint density at radius 1 is 1.39 bits per heavy atom. The zero-order valence-corrected chi connectivity index (χ0v) is 10.8. The molecule has 18 heavy (non-hydrogen) atoms. The summed E-state index contributed by atoms with van der Waals surface area (Å²) in [6.07, 6.45) is 0.788. The van der Waals surface area contributed by atoms with Gasteiger partial charge in [0.25, 0.3) is 0 Å². The molecule has 2 rings (SSSR count). The Labute approximate surface area is 110 Å². The van der Waals surface area contributed by atoms with Crippen LogP contribution in [0.2, 0.25) is 0 Å². The molecule has 5 nitrogen and oxygen atoms in total. The summed E-state index contributed by atoms with van der Waals surface area (Å²) < 4.78 is 1.69. The highest BCUT2D eigenvalue weighted by atomic mass is 32.1. The number of hydrogen-bond donors (Lipinski definition) is 2. The predicted octanol–water partition coefficient (Wildman–Crippen LogP) is 1.88. The number of thiol groups is 1. The van der Waals surface area contributed by atoms with Crippen molar-refractivity contribution < 1.29 is 9.90 Å². The monoisotopic (exact) mass is 263 g/mol. The first kappa shape index (κ1) is 12.6. The van der Waals surface area contributed by atoms with Gasteiger partial charge in [-0.2, -0.15) is 0 Å². The minimum atomic E-state index is -0.926. The molecule has 94 valence electrons. The summed E-state index contributed by atoms with van der Waals surface area (Å²) in [6, 6.07) is 6.69. The quantitative estimate of drug-likeness (QED) is 0.826. The van der Waals surface area contributed by atoms with E-state index in [-0.39, 0.29) is 5.56 Å². The Bertz CT molecular complexity index is 563. The molecule has 0 fully saturated rings. The normalized spacial score (nSPS) is 10.6. The zero-order chi connectivity index (χ0) is 13.1. The summed E-state index contributed by atoms with van der Waals surface area (Å²) in [6.45, 7) is 2.53. The Morgan fingerprint density at radius 2 is 2.06 bits per heavy atom. The Kier molecular flexibility index (Phi) is 3.66. The van der Waals surface area contributed by atoms with Gasteiger partial charge in [-0.1, -0.05) is 24.3 Å². The van der Waals surface area contributed by atoms with Crippen LogP contribution in [0.15, 0.2) is 29.3 Å². The van der Waals surface area contributed by atoms with E-state index in [1.165, 1.54) is 0 Å². The van der Waals surface area contributed by atoms with Crippen molar-refractivity contribution in [3.63, 3.8) is 0 Å². The number of aromatic nitrogens is 3. The molecule has 0 aliphatic rings. The average Bonchev–Trinajstić information content (AvgIpc) is 2.71. The molecule has 0 spiro atoms. The number of carboxylic acid groups (broad SMARTS) is 1. The van der Waals surface area contributed by atoms with Gasteiger partial charge in [0.05, 0.1) is 17.8 Å². The average molecular weight is 263 g/mol. The molecule has 0 saturated carbocycles. The van der Waals surface area contributed by atoms with E-state index >= 15 is 0 Å². The molecular weight excluding hydrogens is 250 g/mol. The van der Waals surface area contributed by atoms with E-state index in [1.807, 2.05) is 6.92 Å². The molecule has 6 heteroatoms. The summed E-state index contributed by atoms with van der Waals surface area (Å²) in [5, 5.41) is 17.6. The molecule has 0 bridgehead atoms. The van der Waals surface area contributed by atoms with E-state index in [4.69, 9.17) is 5.11 Å². The van der Waals surface area contributed by atoms with Gasteiger partial charge in [-0.15, -0.1) is 17.7 Å². The van der Waals surface area contributed by atoms with Crippen LogP contribution in [0.1, 0.15) is 28.5 Å². The largest absolute Gasteiger partial charge is 0.478 e. The Balaban J connectivity index is 2.18. The van der Waals surface area contributed by atoms with Gasteiger partial charge >= 0.3 is 5.97 Å². The Morgan fingerprint density at radius 3 is 2.56 bits per heavy atom. The topological polar surface area (TPSA) is 68.0 Å². The highest BCUT2D eigenvalue weighted by molar-refractivity contribution is 7.80. The lowest BCUT2D eigenvalue weighted by Gasteiger charge is -2.03. The number of rotatable bonds is 4. The number of benzene rings is 1. The lowest BCUT2D eigenvalue weighted by molar-refractivity contribution is 0.0697. The van der Waals surface area contributed by atoms with Gasteiger partial charge in [-0.05, 0) is 24.1 Å². The lowest BCUT2D eigenvalue weighted by atomic mass is 10.1. The molecular formula is C12H13N3O2S. The summed E-state index contributed by atoms with van der Waals surface area (Å²) in [5.74, 6) is -0.926. The molecule has 0 atom stereocenters. The third-order valence-corrected chi connectivity index (χ3v) is 3.13. The molecule has 0 amide bonds. The molecule has 1 heterocycles. The number of nitrogens with zero attached hydrogens (tertiary/aromatic N) is 3. The van der Waals surface area contributed by atoms with E-state index in [2.05, 4.69) is 22.9 Å². The lowest BCUT2D eigenvalue weighted by Crippen LogP contribution is -2.03. The third-order valence-electron chi connectivity index (χ3n) is 2.64. The summed E-state index contributed by atoms with van der Waals surface area (Å²) >= 11 is 4.37. The van der Waals surface area contributed by atoms with Crippen LogP contribution in [0.5, 0.6) is 0 Å². The van der Waals surface area contributed by atoms with Crippen molar-refractivity contribution in [3.8, 4) is 0 Å². The van der Waals surface area contributed by atoms with Crippen molar-refractivity contribution >= 4 is 18.6 Å². The maximum Gasteiger partial charge on any atom is 0.335 e. The van der Waals surface area contributed by atoms with Crippen LogP contribution >= 0.6 is 12.6 Å². The first-order valence-corrected chi connectivity index (χ1v) is 6.00. The van der Waals surface area contributed by atoms with Gasteiger partial charge in [0.1, 0.15) is 5.03 Å². The van der Waals surface area contributed by atoms with Gasteiger partial charge in [-0.3, -0.25) is 0 Å². The van der Waals surface area contributed by atoms with Crippen molar-refractivity contribution in [3.05, 3.63) is 41.1 Å². The van der Waals surface area contributed by atoms with E-state index in [1.54, 1.807) is 28.9 Å². The van der Waals surface area contributed by atoms with Gasteiger partial charge in [0.2, 0.25) is 0 Å². The molecule has 0 aliphatic carbocycles. The fourth-order valence-corrected chi connectivity index (χ4v) is 1.92.